The predicted molar refractivity (Wildman–Crippen MR) is 93.6 cm³/mol. The van der Waals surface area contributed by atoms with Crippen molar-refractivity contribution in [3.05, 3.63) is 60.9 Å². The molecule has 0 aliphatic heterocycles. The van der Waals surface area contributed by atoms with E-state index < -0.39 is 0 Å². The zero-order valence-corrected chi connectivity index (χ0v) is 13.9. The van der Waals surface area contributed by atoms with Gasteiger partial charge in [-0.2, -0.15) is 5.10 Å². The molecule has 0 atom stereocenters. The molecule has 0 aliphatic carbocycles. The highest BCUT2D eigenvalue weighted by Crippen LogP contribution is 2.13. The molecule has 25 heavy (non-hydrogen) atoms. The van der Waals surface area contributed by atoms with Gasteiger partial charge in [-0.05, 0) is 17.7 Å². The number of amides is 2. The molecule has 8 heteroatoms. The van der Waals surface area contributed by atoms with Crippen molar-refractivity contribution in [2.75, 3.05) is 19.0 Å². The van der Waals surface area contributed by atoms with Gasteiger partial charge in [-0.1, -0.05) is 12.1 Å². The van der Waals surface area contributed by atoms with Crippen molar-refractivity contribution in [1.82, 2.24) is 24.6 Å². The number of aromatic nitrogens is 4. The molecule has 2 aromatic heterocycles. The second kappa shape index (κ2) is 8.00. The van der Waals surface area contributed by atoms with Crippen LogP contribution in [0.4, 0.5) is 10.5 Å². The summed E-state index contributed by atoms with van der Waals surface area (Å²) in [5.74, 6) is 0.818. The molecule has 0 saturated carbocycles. The molecule has 0 unspecified atom stereocenters. The average molecular weight is 340 g/mol. The van der Waals surface area contributed by atoms with Gasteiger partial charge >= 0.3 is 6.03 Å². The molecule has 3 rings (SSSR count). The average Bonchev–Trinajstić information content (AvgIpc) is 3.28. The Hall–Kier alpha value is -3.29. The third-order valence-corrected chi connectivity index (χ3v) is 3.61. The summed E-state index contributed by atoms with van der Waals surface area (Å²) in [7, 11) is 1.64. The van der Waals surface area contributed by atoms with E-state index in [1.54, 1.807) is 36.7 Å². The topological polar surface area (TPSA) is 86.0 Å². The molecule has 8 nitrogen and oxygen atoms in total. The fraction of sp³-hybridized carbons (Fsp3) is 0.235. The van der Waals surface area contributed by atoms with Gasteiger partial charge in [0, 0.05) is 31.7 Å². The predicted octanol–water partition coefficient (Wildman–Crippen LogP) is 1.96. The van der Waals surface area contributed by atoms with Gasteiger partial charge in [0.05, 0.1) is 31.9 Å². The van der Waals surface area contributed by atoms with Crippen LogP contribution >= 0.6 is 0 Å². The lowest BCUT2D eigenvalue weighted by Crippen LogP contribution is -2.31. The van der Waals surface area contributed by atoms with Crippen LogP contribution in [0.25, 0.3) is 0 Å². The van der Waals surface area contributed by atoms with Crippen molar-refractivity contribution in [1.29, 1.82) is 0 Å². The first-order valence-electron chi connectivity index (χ1n) is 7.89. The molecule has 0 saturated heterocycles. The lowest BCUT2D eigenvalue weighted by atomic mass is 10.2. The monoisotopic (exact) mass is 340 g/mol. The summed E-state index contributed by atoms with van der Waals surface area (Å²) in [5, 5.41) is 9.82. The smallest absolute Gasteiger partial charge is 0.319 e. The molecule has 3 aromatic rings. The van der Waals surface area contributed by atoms with Crippen molar-refractivity contribution < 1.29 is 9.53 Å². The van der Waals surface area contributed by atoms with Crippen molar-refractivity contribution in [3.8, 4) is 5.75 Å². The number of hydrogen-bond donors (Lipinski definition) is 2. The fourth-order valence-corrected chi connectivity index (χ4v) is 2.33. The number of nitrogens with zero attached hydrogens (tertiary/aromatic N) is 4. The maximum atomic E-state index is 11.9. The van der Waals surface area contributed by atoms with Crippen molar-refractivity contribution >= 4 is 11.7 Å². The van der Waals surface area contributed by atoms with E-state index in [4.69, 9.17) is 4.74 Å². The summed E-state index contributed by atoms with van der Waals surface area (Å²) >= 11 is 0. The Bertz CT molecular complexity index is 795. The SMILES string of the molecule is COc1ccc(Cn2cc(NC(=O)NCCn3ccnc3)cn2)cc1. The second-order valence-corrected chi connectivity index (χ2v) is 5.46. The van der Waals surface area contributed by atoms with Crippen LogP contribution in [0.5, 0.6) is 5.75 Å². The van der Waals surface area contributed by atoms with Crippen LogP contribution in [0, 0.1) is 0 Å². The van der Waals surface area contributed by atoms with E-state index in [0.717, 1.165) is 11.3 Å². The molecule has 2 N–H and O–H groups in total. The Kier molecular flexibility index (Phi) is 5.30. The Morgan fingerprint density at radius 1 is 1.28 bits per heavy atom. The zero-order chi connectivity index (χ0) is 17.5. The lowest BCUT2D eigenvalue weighted by molar-refractivity contribution is 0.251. The molecule has 0 fully saturated rings. The van der Waals surface area contributed by atoms with Crippen LogP contribution in [0.3, 0.4) is 0 Å². The number of benzene rings is 1. The van der Waals surface area contributed by atoms with E-state index in [9.17, 15) is 4.79 Å². The molecule has 0 aliphatic rings. The summed E-state index contributed by atoms with van der Waals surface area (Å²) in [4.78, 5) is 15.8. The number of rotatable bonds is 7. The number of methoxy groups -OCH3 is 1. The van der Waals surface area contributed by atoms with Crippen molar-refractivity contribution in [3.63, 3.8) is 0 Å². The molecular weight excluding hydrogens is 320 g/mol. The first kappa shape index (κ1) is 16.6. The van der Waals surface area contributed by atoms with E-state index in [2.05, 4.69) is 20.7 Å². The number of hydrogen-bond acceptors (Lipinski definition) is 4. The summed E-state index contributed by atoms with van der Waals surface area (Å²) in [6.07, 6.45) is 8.68. The third-order valence-electron chi connectivity index (χ3n) is 3.61. The second-order valence-electron chi connectivity index (χ2n) is 5.46. The van der Waals surface area contributed by atoms with Gasteiger partial charge in [0.15, 0.2) is 0 Å². The highest BCUT2D eigenvalue weighted by molar-refractivity contribution is 5.88. The summed E-state index contributed by atoms with van der Waals surface area (Å²) < 4.78 is 8.80. The van der Waals surface area contributed by atoms with Gasteiger partial charge < -0.3 is 19.9 Å². The molecule has 1 aromatic carbocycles. The highest BCUT2D eigenvalue weighted by Gasteiger charge is 2.04. The maximum Gasteiger partial charge on any atom is 0.319 e. The molecule has 2 heterocycles. The number of carbonyl (C=O) groups excluding carboxylic acids is 1. The molecule has 130 valence electrons. The van der Waals surface area contributed by atoms with Crippen molar-refractivity contribution in [2.24, 2.45) is 0 Å². The number of imidazole rings is 1. The first-order valence-corrected chi connectivity index (χ1v) is 7.89. The minimum atomic E-state index is -0.260. The van der Waals surface area contributed by atoms with Gasteiger partial charge in [0.2, 0.25) is 0 Å². The highest BCUT2D eigenvalue weighted by atomic mass is 16.5. The van der Waals surface area contributed by atoms with Crippen LogP contribution < -0.4 is 15.4 Å². The van der Waals surface area contributed by atoms with E-state index >= 15 is 0 Å². The van der Waals surface area contributed by atoms with E-state index in [1.165, 1.54) is 0 Å². The number of carbonyl (C=O) groups is 1. The van der Waals surface area contributed by atoms with E-state index in [-0.39, 0.29) is 6.03 Å². The van der Waals surface area contributed by atoms with Crippen LogP contribution in [-0.4, -0.2) is 39.0 Å². The number of nitrogens with one attached hydrogen (secondary N) is 2. The van der Waals surface area contributed by atoms with Gasteiger partial charge in [0.25, 0.3) is 0 Å². The summed E-state index contributed by atoms with van der Waals surface area (Å²) in [5.41, 5.74) is 1.74. The number of urea groups is 1. The Balaban J connectivity index is 1.46. The largest absolute Gasteiger partial charge is 0.497 e. The molecule has 0 bridgehead atoms. The summed E-state index contributed by atoms with van der Waals surface area (Å²) in [6, 6.07) is 7.52. The minimum absolute atomic E-state index is 0.260. The number of ether oxygens (including phenoxy) is 1. The molecule has 0 radical (unpaired) electrons. The van der Waals surface area contributed by atoms with E-state index in [1.807, 2.05) is 35.0 Å². The molecule has 2 amide bonds. The standard InChI is InChI=1S/C17H20N6O2/c1-25-16-4-2-14(3-5-16)11-23-12-15(10-20-23)21-17(24)19-7-9-22-8-6-18-13-22/h2-6,8,10,12-13H,7,9,11H2,1H3,(H2,19,21,24). The quantitative estimate of drug-likeness (QED) is 0.688. The van der Waals surface area contributed by atoms with Gasteiger partial charge in [-0.3, -0.25) is 4.68 Å². The summed E-state index contributed by atoms with van der Waals surface area (Å²) in [6.45, 7) is 1.81. The van der Waals surface area contributed by atoms with Gasteiger partial charge in [-0.15, -0.1) is 0 Å². The van der Waals surface area contributed by atoms with E-state index in [0.29, 0.717) is 25.3 Å². The normalized spacial score (nSPS) is 10.4. The van der Waals surface area contributed by atoms with Crippen LogP contribution in [0.15, 0.2) is 55.4 Å². The van der Waals surface area contributed by atoms with Crippen molar-refractivity contribution in [2.45, 2.75) is 13.1 Å². The first-order chi connectivity index (χ1) is 12.2. The van der Waals surface area contributed by atoms with Gasteiger partial charge in [0.1, 0.15) is 5.75 Å². The maximum absolute atomic E-state index is 11.9. The van der Waals surface area contributed by atoms with Gasteiger partial charge in [-0.25, -0.2) is 9.78 Å². The Labute approximate surface area is 145 Å². The van der Waals surface area contributed by atoms with Crippen LogP contribution in [0.2, 0.25) is 0 Å². The van der Waals surface area contributed by atoms with Crippen LogP contribution in [-0.2, 0) is 13.1 Å². The molecule has 0 spiro atoms. The third kappa shape index (κ3) is 4.84. The zero-order valence-electron chi connectivity index (χ0n) is 13.9. The molecular formula is C17H20N6O2. The lowest BCUT2D eigenvalue weighted by Gasteiger charge is -2.06. The minimum Gasteiger partial charge on any atom is -0.497 e. The Morgan fingerprint density at radius 2 is 2.12 bits per heavy atom. The van der Waals surface area contributed by atoms with Crippen LogP contribution in [0.1, 0.15) is 5.56 Å². The Morgan fingerprint density at radius 3 is 2.84 bits per heavy atom. The fourth-order valence-electron chi connectivity index (χ4n) is 2.33. The number of anilines is 1.